The van der Waals surface area contributed by atoms with Crippen molar-refractivity contribution < 1.29 is 4.74 Å². The van der Waals surface area contributed by atoms with Gasteiger partial charge >= 0.3 is 0 Å². The Morgan fingerprint density at radius 1 is 1.10 bits per heavy atom. The van der Waals surface area contributed by atoms with Crippen molar-refractivity contribution in [3.05, 3.63) is 29.3 Å². The second-order valence-corrected chi connectivity index (χ2v) is 6.01. The molecule has 0 spiro atoms. The minimum absolute atomic E-state index is 0. The van der Waals surface area contributed by atoms with Crippen LogP contribution in [0, 0.1) is 6.92 Å². The molecular formula is C18H30ClNO. The summed E-state index contributed by atoms with van der Waals surface area (Å²) in [6.07, 6.45) is 7.55. The SMILES string of the molecule is CCCCCCOc1cc(C)cc(C2CCNCC2)c1.Cl. The van der Waals surface area contributed by atoms with Gasteiger partial charge in [0.25, 0.3) is 0 Å². The van der Waals surface area contributed by atoms with E-state index >= 15 is 0 Å². The minimum atomic E-state index is 0. The van der Waals surface area contributed by atoms with Crippen LogP contribution in [0.1, 0.15) is 62.5 Å². The van der Waals surface area contributed by atoms with Crippen molar-refractivity contribution in [3.8, 4) is 5.75 Å². The van der Waals surface area contributed by atoms with Crippen LogP contribution >= 0.6 is 12.4 Å². The molecule has 1 N–H and O–H groups in total. The molecule has 1 aromatic rings. The molecule has 0 bridgehead atoms. The van der Waals surface area contributed by atoms with Gasteiger partial charge in [0.05, 0.1) is 6.61 Å². The van der Waals surface area contributed by atoms with Gasteiger partial charge in [-0.25, -0.2) is 0 Å². The van der Waals surface area contributed by atoms with E-state index in [1.807, 2.05) is 0 Å². The van der Waals surface area contributed by atoms with E-state index in [1.54, 1.807) is 0 Å². The monoisotopic (exact) mass is 311 g/mol. The molecule has 0 aliphatic carbocycles. The second-order valence-electron chi connectivity index (χ2n) is 6.01. The molecule has 1 heterocycles. The quantitative estimate of drug-likeness (QED) is 0.727. The smallest absolute Gasteiger partial charge is 0.119 e. The van der Waals surface area contributed by atoms with Gasteiger partial charge in [-0.15, -0.1) is 12.4 Å². The van der Waals surface area contributed by atoms with Gasteiger partial charge in [-0.3, -0.25) is 0 Å². The second kappa shape index (κ2) is 10.1. The predicted octanol–water partition coefficient (Wildman–Crippen LogP) is 4.84. The number of unbranched alkanes of at least 4 members (excludes halogenated alkanes) is 3. The summed E-state index contributed by atoms with van der Waals surface area (Å²) in [6, 6.07) is 6.77. The molecule has 3 heteroatoms. The van der Waals surface area contributed by atoms with Crippen molar-refractivity contribution in [2.75, 3.05) is 19.7 Å². The number of ether oxygens (including phenoxy) is 1. The molecule has 1 aliphatic rings. The lowest BCUT2D eigenvalue weighted by Crippen LogP contribution is -2.26. The summed E-state index contributed by atoms with van der Waals surface area (Å²) >= 11 is 0. The van der Waals surface area contributed by atoms with E-state index in [9.17, 15) is 0 Å². The number of rotatable bonds is 7. The van der Waals surface area contributed by atoms with Gasteiger partial charge < -0.3 is 10.1 Å². The van der Waals surface area contributed by atoms with Crippen LogP contribution in [-0.4, -0.2) is 19.7 Å². The fraction of sp³-hybridized carbons (Fsp3) is 0.667. The van der Waals surface area contributed by atoms with Crippen molar-refractivity contribution in [2.45, 2.75) is 58.3 Å². The van der Waals surface area contributed by atoms with Crippen LogP contribution in [0.2, 0.25) is 0 Å². The molecule has 1 fully saturated rings. The zero-order valence-electron chi connectivity index (χ0n) is 13.5. The normalized spacial score (nSPS) is 15.5. The highest BCUT2D eigenvalue weighted by molar-refractivity contribution is 5.85. The number of hydrogen-bond acceptors (Lipinski definition) is 2. The maximum absolute atomic E-state index is 5.95. The van der Waals surface area contributed by atoms with Crippen LogP contribution < -0.4 is 10.1 Å². The first kappa shape index (κ1) is 18.3. The highest BCUT2D eigenvalue weighted by atomic mass is 35.5. The summed E-state index contributed by atoms with van der Waals surface area (Å²) in [4.78, 5) is 0. The summed E-state index contributed by atoms with van der Waals surface area (Å²) in [6.45, 7) is 7.56. The summed E-state index contributed by atoms with van der Waals surface area (Å²) < 4.78 is 5.95. The van der Waals surface area contributed by atoms with Crippen LogP contribution in [0.4, 0.5) is 0 Å². The number of halogens is 1. The predicted molar refractivity (Wildman–Crippen MR) is 92.9 cm³/mol. The van der Waals surface area contributed by atoms with E-state index < -0.39 is 0 Å². The molecule has 21 heavy (non-hydrogen) atoms. The first-order valence-corrected chi connectivity index (χ1v) is 8.24. The van der Waals surface area contributed by atoms with Crippen molar-refractivity contribution >= 4 is 12.4 Å². The Kier molecular flexibility index (Phi) is 8.79. The highest BCUT2D eigenvalue weighted by Gasteiger charge is 2.16. The number of nitrogens with one attached hydrogen (secondary N) is 1. The van der Waals surface area contributed by atoms with Crippen molar-refractivity contribution in [2.24, 2.45) is 0 Å². The Bertz CT molecular complexity index is 402. The van der Waals surface area contributed by atoms with Crippen LogP contribution in [0.25, 0.3) is 0 Å². The fourth-order valence-electron chi connectivity index (χ4n) is 2.97. The molecule has 120 valence electrons. The van der Waals surface area contributed by atoms with Crippen molar-refractivity contribution in [3.63, 3.8) is 0 Å². The van der Waals surface area contributed by atoms with Crippen molar-refractivity contribution in [1.29, 1.82) is 0 Å². The number of benzene rings is 1. The average molecular weight is 312 g/mol. The summed E-state index contributed by atoms with van der Waals surface area (Å²) in [5.74, 6) is 1.77. The number of piperidine rings is 1. The zero-order valence-corrected chi connectivity index (χ0v) is 14.3. The van der Waals surface area contributed by atoms with Gasteiger partial charge in [0.1, 0.15) is 5.75 Å². The van der Waals surface area contributed by atoms with Gasteiger partial charge in [0.2, 0.25) is 0 Å². The van der Waals surface area contributed by atoms with Crippen molar-refractivity contribution in [1.82, 2.24) is 5.32 Å². The molecule has 0 saturated carbocycles. The Labute approximate surface area is 136 Å². The standard InChI is InChI=1S/C18H29NO.ClH/c1-3-4-5-6-11-20-18-13-15(2)12-17(14-18)16-7-9-19-10-8-16;/h12-14,16,19H,3-11H2,1-2H3;1H. The minimum Gasteiger partial charge on any atom is -0.494 e. The number of aryl methyl sites for hydroxylation is 1. The molecular weight excluding hydrogens is 282 g/mol. The van der Waals surface area contributed by atoms with Crippen LogP contribution in [0.15, 0.2) is 18.2 Å². The Balaban J connectivity index is 0.00000220. The van der Waals surface area contributed by atoms with E-state index in [2.05, 4.69) is 37.4 Å². The fourth-order valence-corrected chi connectivity index (χ4v) is 2.97. The van der Waals surface area contributed by atoms with Gasteiger partial charge in [-0.05, 0) is 68.5 Å². The molecule has 1 saturated heterocycles. The van der Waals surface area contributed by atoms with E-state index in [0.29, 0.717) is 5.92 Å². The maximum atomic E-state index is 5.95. The van der Waals surface area contributed by atoms with Gasteiger partial charge in [-0.2, -0.15) is 0 Å². The third kappa shape index (κ3) is 6.27. The third-order valence-electron chi connectivity index (χ3n) is 4.15. The molecule has 0 radical (unpaired) electrons. The first-order valence-electron chi connectivity index (χ1n) is 8.24. The Morgan fingerprint density at radius 2 is 1.86 bits per heavy atom. The summed E-state index contributed by atoms with van der Waals surface area (Å²) in [5.41, 5.74) is 2.79. The lowest BCUT2D eigenvalue weighted by atomic mass is 9.89. The molecule has 1 aromatic carbocycles. The lowest BCUT2D eigenvalue weighted by molar-refractivity contribution is 0.304. The summed E-state index contributed by atoms with van der Waals surface area (Å²) in [5, 5.41) is 3.44. The molecule has 0 atom stereocenters. The number of hydrogen-bond donors (Lipinski definition) is 1. The molecule has 0 amide bonds. The average Bonchev–Trinajstić information content (AvgIpc) is 2.47. The van der Waals surface area contributed by atoms with Gasteiger partial charge in [0, 0.05) is 0 Å². The summed E-state index contributed by atoms with van der Waals surface area (Å²) in [7, 11) is 0. The van der Waals surface area contributed by atoms with Crippen LogP contribution in [-0.2, 0) is 0 Å². The van der Waals surface area contributed by atoms with Crippen LogP contribution in [0.3, 0.4) is 0 Å². The van der Waals surface area contributed by atoms with E-state index in [4.69, 9.17) is 4.74 Å². The van der Waals surface area contributed by atoms with Gasteiger partial charge in [-0.1, -0.05) is 32.3 Å². The molecule has 2 nitrogen and oxygen atoms in total. The van der Waals surface area contributed by atoms with E-state index in [-0.39, 0.29) is 12.4 Å². The van der Waals surface area contributed by atoms with Gasteiger partial charge in [0.15, 0.2) is 0 Å². The largest absolute Gasteiger partial charge is 0.494 e. The van der Waals surface area contributed by atoms with E-state index in [1.165, 1.54) is 49.7 Å². The Morgan fingerprint density at radius 3 is 2.57 bits per heavy atom. The lowest BCUT2D eigenvalue weighted by Gasteiger charge is -2.23. The molecule has 0 unspecified atom stereocenters. The zero-order chi connectivity index (χ0) is 14.2. The molecule has 0 aromatic heterocycles. The first-order chi connectivity index (χ1) is 9.79. The highest BCUT2D eigenvalue weighted by Crippen LogP contribution is 2.29. The maximum Gasteiger partial charge on any atom is 0.119 e. The van der Waals surface area contributed by atoms with E-state index in [0.717, 1.165) is 25.4 Å². The topological polar surface area (TPSA) is 21.3 Å². The van der Waals surface area contributed by atoms with Crippen LogP contribution in [0.5, 0.6) is 5.75 Å². The third-order valence-corrected chi connectivity index (χ3v) is 4.15. The molecule has 2 rings (SSSR count). The molecule has 1 aliphatic heterocycles. The Hall–Kier alpha value is -0.730.